The summed E-state index contributed by atoms with van der Waals surface area (Å²) in [5, 5.41) is 12.8. The van der Waals surface area contributed by atoms with Crippen molar-refractivity contribution >= 4 is 44.7 Å². The molecule has 2 rings (SSSR count). The van der Waals surface area contributed by atoms with Gasteiger partial charge in [0, 0.05) is 31.8 Å². The first-order valence-electron chi connectivity index (χ1n) is 6.02. The van der Waals surface area contributed by atoms with E-state index in [0.717, 1.165) is 0 Å². The van der Waals surface area contributed by atoms with Gasteiger partial charge in [-0.3, -0.25) is 10.1 Å². The van der Waals surface area contributed by atoms with Crippen LogP contribution in [-0.4, -0.2) is 47.6 Å². The van der Waals surface area contributed by atoms with Crippen LogP contribution in [0, 0.1) is 10.1 Å². The van der Waals surface area contributed by atoms with Gasteiger partial charge in [-0.25, -0.2) is 8.42 Å². The molecule has 1 unspecified atom stereocenters. The molecule has 0 spiro atoms. The summed E-state index contributed by atoms with van der Waals surface area (Å²) in [5.74, 6) is 0. The Morgan fingerprint density at radius 2 is 2.05 bits per heavy atom. The molecular weight excluding hydrogens is 334 g/mol. The van der Waals surface area contributed by atoms with Crippen LogP contribution in [-0.2, 0) is 9.84 Å². The maximum absolute atomic E-state index is 12.6. The van der Waals surface area contributed by atoms with Gasteiger partial charge in [0.15, 0.2) is 0 Å². The molecule has 1 fully saturated rings. The fourth-order valence-electron chi connectivity index (χ4n) is 2.09. The molecular formula is C11H13N3O4S3. The molecule has 0 aliphatic carbocycles. The highest BCUT2D eigenvalue weighted by molar-refractivity contribution is 8.11. The SMILES string of the molecule is O=[N+]([O-])c1ccc(S(=O)(=O)C2CNCCN2C(=S)S)cc1. The van der Waals surface area contributed by atoms with Crippen molar-refractivity contribution in [1.82, 2.24) is 10.2 Å². The minimum atomic E-state index is -3.69. The van der Waals surface area contributed by atoms with Gasteiger partial charge in [0.25, 0.3) is 5.69 Å². The van der Waals surface area contributed by atoms with Gasteiger partial charge in [0.2, 0.25) is 9.84 Å². The third kappa shape index (κ3) is 3.34. The molecule has 114 valence electrons. The van der Waals surface area contributed by atoms with Crippen LogP contribution in [0.25, 0.3) is 0 Å². The first-order valence-corrected chi connectivity index (χ1v) is 8.43. The van der Waals surface area contributed by atoms with Crippen molar-refractivity contribution < 1.29 is 13.3 Å². The number of rotatable bonds is 3. The molecule has 0 aromatic heterocycles. The highest BCUT2D eigenvalue weighted by Gasteiger charge is 2.35. The normalized spacial score (nSPS) is 19.3. The van der Waals surface area contributed by atoms with Crippen LogP contribution < -0.4 is 5.32 Å². The Labute approximate surface area is 132 Å². The summed E-state index contributed by atoms with van der Waals surface area (Å²) in [6.45, 7) is 1.28. The number of benzene rings is 1. The lowest BCUT2D eigenvalue weighted by atomic mass is 10.3. The molecule has 1 aliphatic heterocycles. The first-order chi connectivity index (χ1) is 9.84. The third-order valence-electron chi connectivity index (χ3n) is 3.18. The fourth-order valence-corrected chi connectivity index (χ4v) is 4.41. The Bertz CT molecular complexity index is 660. The summed E-state index contributed by atoms with van der Waals surface area (Å²) in [6, 6.07) is 4.82. The summed E-state index contributed by atoms with van der Waals surface area (Å²) in [6.07, 6.45) is 0. The molecule has 0 bridgehead atoms. The van der Waals surface area contributed by atoms with Gasteiger partial charge in [-0.2, -0.15) is 0 Å². The van der Waals surface area contributed by atoms with Gasteiger partial charge >= 0.3 is 0 Å². The number of thiocarbonyl (C=S) groups is 1. The van der Waals surface area contributed by atoms with Gasteiger partial charge in [0.05, 0.1) is 9.82 Å². The summed E-state index contributed by atoms with van der Waals surface area (Å²) in [5.41, 5.74) is -0.155. The van der Waals surface area contributed by atoms with Crippen LogP contribution in [0.5, 0.6) is 0 Å². The van der Waals surface area contributed by atoms with Crippen LogP contribution >= 0.6 is 24.8 Å². The second kappa shape index (κ2) is 6.26. The van der Waals surface area contributed by atoms with Crippen molar-refractivity contribution in [2.75, 3.05) is 19.6 Å². The first kappa shape index (κ1) is 16.1. The number of nitrogens with zero attached hydrogens (tertiary/aromatic N) is 2. The average Bonchev–Trinajstić information content (AvgIpc) is 2.47. The van der Waals surface area contributed by atoms with E-state index in [1.165, 1.54) is 29.2 Å². The number of nitrogens with one attached hydrogen (secondary N) is 1. The quantitative estimate of drug-likeness (QED) is 0.362. The summed E-state index contributed by atoms with van der Waals surface area (Å²) in [7, 11) is -3.69. The van der Waals surface area contributed by atoms with E-state index >= 15 is 0 Å². The molecule has 0 saturated carbocycles. The van der Waals surface area contributed by atoms with Crippen molar-refractivity contribution in [3.05, 3.63) is 34.4 Å². The minimum Gasteiger partial charge on any atom is -0.338 e. The largest absolute Gasteiger partial charge is 0.338 e. The lowest BCUT2D eigenvalue weighted by Crippen LogP contribution is -2.55. The molecule has 7 nitrogen and oxygen atoms in total. The summed E-state index contributed by atoms with van der Waals surface area (Å²) >= 11 is 9.04. The Kier molecular flexibility index (Phi) is 4.81. The average molecular weight is 347 g/mol. The van der Waals surface area contributed by atoms with Crippen LogP contribution in [0.2, 0.25) is 0 Å². The summed E-state index contributed by atoms with van der Waals surface area (Å²) in [4.78, 5) is 11.6. The maximum atomic E-state index is 12.6. The Hall–Kier alpha value is -1.23. The van der Waals surface area contributed by atoms with E-state index in [1.54, 1.807) is 0 Å². The minimum absolute atomic E-state index is 0.0244. The molecule has 0 radical (unpaired) electrons. The van der Waals surface area contributed by atoms with E-state index in [2.05, 4.69) is 17.9 Å². The highest BCUT2D eigenvalue weighted by atomic mass is 32.2. The van der Waals surface area contributed by atoms with Crippen LogP contribution in [0.1, 0.15) is 0 Å². The number of thiol groups is 1. The zero-order chi connectivity index (χ0) is 15.6. The Morgan fingerprint density at radius 3 is 2.57 bits per heavy atom. The monoisotopic (exact) mass is 347 g/mol. The van der Waals surface area contributed by atoms with Crippen molar-refractivity contribution in [2.24, 2.45) is 0 Å². The molecule has 1 atom stereocenters. The van der Waals surface area contributed by atoms with E-state index in [0.29, 0.717) is 13.1 Å². The predicted molar refractivity (Wildman–Crippen MR) is 85.2 cm³/mol. The lowest BCUT2D eigenvalue weighted by molar-refractivity contribution is -0.384. The van der Waals surface area contributed by atoms with E-state index in [4.69, 9.17) is 12.2 Å². The number of hydrogen-bond donors (Lipinski definition) is 2. The van der Waals surface area contributed by atoms with Crippen molar-refractivity contribution in [1.29, 1.82) is 0 Å². The smallest absolute Gasteiger partial charge is 0.269 e. The molecule has 1 aliphatic rings. The van der Waals surface area contributed by atoms with Crippen LogP contribution in [0.15, 0.2) is 29.2 Å². The van der Waals surface area contributed by atoms with E-state index in [1.807, 2.05) is 0 Å². The van der Waals surface area contributed by atoms with Gasteiger partial charge < -0.3 is 10.2 Å². The molecule has 1 aromatic rings. The zero-order valence-electron chi connectivity index (χ0n) is 10.8. The van der Waals surface area contributed by atoms with E-state index < -0.39 is 20.1 Å². The van der Waals surface area contributed by atoms with Crippen molar-refractivity contribution in [3.63, 3.8) is 0 Å². The highest BCUT2D eigenvalue weighted by Crippen LogP contribution is 2.23. The molecule has 0 amide bonds. The van der Waals surface area contributed by atoms with Crippen LogP contribution in [0.3, 0.4) is 0 Å². The number of nitro benzene ring substituents is 1. The van der Waals surface area contributed by atoms with Gasteiger partial charge in [0.1, 0.15) is 9.69 Å². The topological polar surface area (TPSA) is 92.5 Å². The van der Waals surface area contributed by atoms with E-state index in [-0.39, 0.29) is 21.4 Å². The molecule has 21 heavy (non-hydrogen) atoms. The third-order valence-corrected chi connectivity index (χ3v) is 5.73. The number of non-ortho nitro benzene ring substituents is 1. The van der Waals surface area contributed by atoms with Crippen molar-refractivity contribution in [2.45, 2.75) is 10.3 Å². The number of nitro groups is 1. The van der Waals surface area contributed by atoms with Crippen LogP contribution in [0.4, 0.5) is 5.69 Å². The lowest BCUT2D eigenvalue weighted by Gasteiger charge is -2.35. The van der Waals surface area contributed by atoms with Crippen molar-refractivity contribution in [3.8, 4) is 0 Å². The number of piperazine rings is 1. The second-order valence-electron chi connectivity index (χ2n) is 4.43. The molecule has 10 heteroatoms. The van der Waals surface area contributed by atoms with Gasteiger partial charge in [-0.05, 0) is 12.1 Å². The zero-order valence-corrected chi connectivity index (χ0v) is 13.3. The molecule has 1 saturated heterocycles. The maximum Gasteiger partial charge on any atom is 0.269 e. The summed E-state index contributed by atoms with van der Waals surface area (Å²) < 4.78 is 25.5. The predicted octanol–water partition coefficient (Wildman–Crippen LogP) is 0.815. The standard InChI is InChI=1S/C11H13N3O4S3/c15-14(16)8-1-3-9(4-2-8)21(17,18)10-7-12-5-6-13(10)11(19)20/h1-4,10,12H,5-7H2,(H,19,20). The molecule has 1 aromatic carbocycles. The van der Waals surface area contributed by atoms with Gasteiger partial charge in [-0.15, -0.1) is 12.6 Å². The second-order valence-corrected chi connectivity index (χ2v) is 7.65. The molecule has 1 N–H and O–H groups in total. The number of hydrogen-bond acceptors (Lipinski definition) is 6. The molecule has 1 heterocycles. The van der Waals surface area contributed by atoms with Gasteiger partial charge in [-0.1, -0.05) is 12.2 Å². The fraction of sp³-hybridized carbons (Fsp3) is 0.364. The number of sulfone groups is 1. The Balaban J connectivity index is 2.35. The van der Waals surface area contributed by atoms with E-state index in [9.17, 15) is 18.5 Å². The Morgan fingerprint density at radius 1 is 1.43 bits per heavy atom.